The van der Waals surface area contributed by atoms with Crippen LogP contribution in [0.3, 0.4) is 0 Å². The Morgan fingerprint density at radius 1 is 1.30 bits per heavy atom. The number of aliphatic imine (C=N–C) groups is 1. The van der Waals surface area contributed by atoms with E-state index < -0.39 is 0 Å². The molecule has 0 N–H and O–H groups in total. The number of allylic oxidation sites excluding steroid dienone is 4. The number of hydrogen-bond donors (Lipinski definition) is 0. The molecule has 0 radical (unpaired) electrons. The van der Waals surface area contributed by atoms with Crippen molar-refractivity contribution < 1.29 is 9.53 Å². The summed E-state index contributed by atoms with van der Waals surface area (Å²) in [6.45, 7) is 15.8. The highest BCUT2D eigenvalue weighted by Crippen LogP contribution is 2.47. The van der Waals surface area contributed by atoms with Crippen molar-refractivity contribution in [3.63, 3.8) is 0 Å². The summed E-state index contributed by atoms with van der Waals surface area (Å²) in [6.07, 6.45) is 9.48. The van der Waals surface area contributed by atoms with Crippen molar-refractivity contribution in [1.82, 2.24) is 0 Å². The fraction of sp³-hybridized carbons (Fsp3) is 0.414. The number of nitrogens with zero attached hydrogens (tertiary/aromatic N) is 2. The topological polar surface area (TPSA) is 62.5 Å². The Kier molecular flexibility index (Phi) is 9.75. The lowest BCUT2D eigenvalue weighted by Gasteiger charge is -2.49. The molecule has 4 nitrogen and oxygen atoms in total. The smallest absolute Gasteiger partial charge is 0.174 e. The van der Waals surface area contributed by atoms with E-state index in [0.717, 1.165) is 12.0 Å². The standard InChI is InChI=1S/C23H26N2O2.C6H10/c1-6-16-21(25-19-10-8-7-9-17(19)22(16)26)15(12-24)11-18-14(4)20(13(2)3)23(18)27-5;1-3-5-6-4-2/h7-11,14,16,18,20,23H,2,6H2,1,3-5H3;3,5-6H,1,4H2,2H3/b15-11+;6-5-. The molecule has 5 atom stereocenters. The fourth-order valence-electron chi connectivity index (χ4n) is 4.74. The monoisotopic (exact) mass is 444 g/mol. The van der Waals surface area contributed by atoms with Crippen LogP contribution in [0.5, 0.6) is 0 Å². The highest BCUT2D eigenvalue weighted by molar-refractivity contribution is 6.24. The lowest BCUT2D eigenvalue weighted by molar-refractivity contribution is -0.0795. The van der Waals surface area contributed by atoms with Crippen LogP contribution in [0.4, 0.5) is 5.69 Å². The minimum atomic E-state index is -0.376. The van der Waals surface area contributed by atoms with Gasteiger partial charge in [0.1, 0.15) is 6.07 Å². The normalized spacial score (nSPS) is 26.3. The number of rotatable bonds is 7. The number of carbonyl (C=O) groups excluding carboxylic acids is 1. The number of benzene rings is 1. The number of para-hydroxylation sites is 1. The van der Waals surface area contributed by atoms with E-state index in [1.54, 1.807) is 13.2 Å². The summed E-state index contributed by atoms with van der Waals surface area (Å²) < 4.78 is 5.68. The van der Waals surface area contributed by atoms with Gasteiger partial charge in [-0.2, -0.15) is 5.26 Å². The summed E-state index contributed by atoms with van der Waals surface area (Å²) in [5, 5.41) is 9.85. The van der Waals surface area contributed by atoms with Crippen molar-refractivity contribution in [2.75, 3.05) is 7.11 Å². The van der Waals surface area contributed by atoms with Crippen LogP contribution in [0.25, 0.3) is 0 Å². The van der Waals surface area contributed by atoms with Gasteiger partial charge in [0, 0.05) is 24.5 Å². The Morgan fingerprint density at radius 2 is 2.00 bits per heavy atom. The van der Waals surface area contributed by atoms with Crippen LogP contribution in [0.2, 0.25) is 0 Å². The maximum atomic E-state index is 12.9. The van der Waals surface area contributed by atoms with Crippen LogP contribution >= 0.6 is 0 Å². The first kappa shape index (κ1) is 26.2. The molecule has 0 aromatic heterocycles. The molecule has 0 spiro atoms. The Hall–Kier alpha value is -3.03. The molecule has 33 heavy (non-hydrogen) atoms. The minimum absolute atomic E-state index is 0.00750. The first-order valence-corrected chi connectivity index (χ1v) is 11.7. The van der Waals surface area contributed by atoms with Crippen molar-refractivity contribution in [3.8, 4) is 6.07 Å². The molecule has 2 aliphatic rings. The molecule has 1 heterocycles. The Morgan fingerprint density at radius 3 is 2.52 bits per heavy atom. The van der Waals surface area contributed by atoms with Gasteiger partial charge in [-0.3, -0.25) is 9.79 Å². The molecule has 4 heteroatoms. The minimum Gasteiger partial charge on any atom is -0.380 e. The van der Waals surface area contributed by atoms with Crippen LogP contribution in [-0.4, -0.2) is 24.7 Å². The van der Waals surface area contributed by atoms with Crippen molar-refractivity contribution in [2.45, 2.75) is 46.6 Å². The zero-order valence-electron chi connectivity index (χ0n) is 20.5. The average molecular weight is 445 g/mol. The maximum Gasteiger partial charge on any atom is 0.174 e. The van der Waals surface area contributed by atoms with Crippen LogP contribution < -0.4 is 0 Å². The molecule has 1 aliphatic carbocycles. The second-order valence-electron chi connectivity index (χ2n) is 8.61. The van der Waals surface area contributed by atoms with Gasteiger partial charge in [-0.15, -0.1) is 0 Å². The number of nitriles is 1. The SMILES string of the molecule is C=C(C)C1C(C)C(/C=C(\C#N)C2=Nc3ccccc3C(=O)C2CC)C1OC.C=C/C=C\CC. The number of methoxy groups -OCH3 is 1. The van der Waals surface area contributed by atoms with E-state index in [-0.39, 0.29) is 29.6 Å². The summed E-state index contributed by atoms with van der Waals surface area (Å²) >= 11 is 0. The van der Waals surface area contributed by atoms with E-state index in [2.05, 4.69) is 39.2 Å². The summed E-state index contributed by atoms with van der Waals surface area (Å²) in [5.74, 6) is 0.402. The quantitative estimate of drug-likeness (QED) is 0.257. The van der Waals surface area contributed by atoms with Crippen molar-refractivity contribution in [3.05, 3.63) is 78.4 Å². The summed E-state index contributed by atoms with van der Waals surface area (Å²) in [7, 11) is 1.70. The first-order valence-electron chi connectivity index (χ1n) is 11.7. The van der Waals surface area contributed by atoms with Crippen LogP contribution in [-0.2, 0) is 4.74 Å². The number of carbonyl (C=O) groups is 1. The van der Waals surface area contributed by atoms with Crippen LogP contribution in [0.1, 0.15) is 50.9 Å². The molecule has 0 saturated heterocycles. The van der Waals surface area contributed by atoms with Crippen molar-refractivity contribution in [2.24, 2.45) is 28.7 Å². The number of fused-ring (bicyclic) bond motifs is 1. The van der Waals surface area contributed by atoms with Gasteiger partial charge in [-0.1, -0.05) is 75.9 Å². The first-order chi connectivity index (χ1) is 15.9. The van der Waals surface area contributed by atoms with Crippen molar-refractivity contribution in [1.29, 1.82) is 5.26 Å². The van der Waals surface area contributed by atoms with Gasteiger partial charge in [0.05, 0.1) is 29.0 Å². The Labute approximate surface area is 199 Å². The molecule has 1 aromatic carbocycles. The molecular formula is C29H36N2O2. The van der Waals surface area contributed by atoms with Gasteiger partial charge in [-0.25, -0.2) is 0 Å². The van der Waals surface area contributed by atoms with E-state index in [1.807, 2.05) is 50.3 Å². The van der Waals surface area contributed by atoms with Gasteiger partial charge in [-0.05, 0) is 37.8 Å². The lowest BCUT2D eigenvalue weighted by atomic mass is 9.60. The average Bonchev–Trinajstić information content (AvgIpc) is 2.81. The second kappa shape index (κ2) is 12.3. The Balaban J connectivity index is 0.000000569. The highest BCUT2D eigenvalue weighted by Gasteiger charge is 2.47. The number of hydrogen-bond acceptors (Lipinski definition) is 4. The van der Waals surface area contributed by atoms with Crippen LogP contribution in [0, 0.1) is 35.0 Å². The third kappa shape index (κ3) is 5.67. The molecule has 0 amide bonds. The zero-order valence-corrected chi connectivity index (χ0v) is 20.5. The summed E-state index contributed by atoms with van der Waals surface area (Å²) in [6, 6.07) is 9.64. The third-order valence-corrected chi connectivity index (χ3v) is 6.48. The molecule has 174 valence electrons. The van der Waals surface area contributed by atoms with E-state index in [0.29, 0.717) is 34.9 Å². The number of ether oxygens (including phenoxy) is 1. The van der Waals surface area contributed by atoms with E-state index in [1.165, 1.54) is 0 Å². The van der Waals surface area contributed by atoms with Gasteiger partial charge < -0.3 is 4.74 Å². The molecule has 0 bridgehead atoms. The van der Waals surface area contributed by atoms with Crippen molar-refractivity contribution >= 4 is 17.2 Å². The molecule has 1 aromatic rings. The van der Waals surface area contributed by atoms with Crippen LogP contribution in [0.15, 0.2) is 77.9 Å². The lowest BCUT2D eigenvalue weighted by Crippen LogP contribution is -2.50. The van der Waals surface area contributed by atoms with E-state index in [4.69, 9.17) is 9.73 Å². The molecule has 1 saturated carbocycles. The number of Topliss-reactive ketones (excluding diaryl/α,β-unsaturated/α-hetero) is 1. The van der Waals surface area contributed by atoms with E-state index in [9.17, 15) is 10.1 Å². The largest absolute Gasteiger partial charge is 0.380 e. The van der Waals surface area contributed by atoms with Gasteiger partial charge in [0.15, 0.2) is 5.78 Å². The van der Waals surface area contributed by atoms with Gasteiger partial charge >= 0.3 is 0 Å². The highest BCUT2D eigenvalue weighted by atomic mass is 16.5. The predicted octanol–water partition coefficient (Wildman–Crippen LogP) is 7.04. The molecule has 3 rings (SSSR count). The fourth-order valence-corrected chi connectivity index (χ4v) is 4.74. The second-order valence-corrected chi connectivity index (χ2v) is 8.61. The van der Waals surface area contributed by atoms with Gasteiger partial charge in [0.2, 0.25) is 0 Å². The zero-order chi connectivity index (χ0) is 24.5. The molecule has 1 aliphatic heterocycles. The predicted molar refractivity (Wildman–Crippen MR) is 137 cm³/mol. The molecule has 1 fully saturated rings. The number of ketones is 1. The van der Waals surface area contributed by atoms with E-state index >= 15 is 0 Å². The molecular weight excluding hydrogens is 408 g/mol. The Bertz CT molecular complexity index is 1010. The molecule has 5 unspecified atom stereocenters. The summed E-state index contributed by atoms with van der Waals surface area (Å²) in [4.78, 5) is 17.6. The maximum absolute atomic E-state index is 12.9. The summed E-state index contributed by atoms with van der Waals surface area (Å²) in [5.41, 5.74) is 3.46. The third-order valence-electron chi connectivity index (χ3n) is 6.48. The van der Waals surface area contributed by atoms with Gasteiger partial charge in [0.25, 0.3) is 0 Å².